The number of rotatable bonds is 4. The standard InChI is InChI=1S/C24H21N3O2S2/c28-20(25-18-12-6-4-10-16(18)15-8-2-1-3-9-15)14-30-24-26-22(29)21-17-11-5-7-13-19(17)31-23(21)27-24/h1-4,6,8-10,12,21H,5,7,11,13-14H2,(H,25,28). The summed E-state index contributed by atoms with van der Waals surface area (Å²) in [7, 11) is 0. The Morgan fingerprint density at radius 1 is 1.03 bits per heavy atom. The summed E-state index contributed by atoms with van der Waals surface area (Å²) in [4.78, 5) is 35.4. The van der Waals surface area contributed by atoms with E-state index in [2.05, 4.69) is 15.3 Å². The van der Waals surface area contributed by atoms with E-state index in [1.165, 1.54) is 28.7 Å². The maximum absolute atomic E-state index is 12.6. The molecule has 31 heavy (non-hydrogen) atoms. The molecule has 2 amide bonds. The number of carbonyl (C=O) groups is 2. The number of hydrogen-bond donors (Lipinski definition) is 1. The highest BCUT2D eigenvalue weighted by Crippen LogP contribution is 2.47. The highest BCUT2D eigenvalue weighted by Gasteiger charge is 2.40. The number of carbonyl (C=O) groups excluding carboxylic acids is 2. The number of amidine groups is 1. The van der Waals surface area contributed by atoms with Gasteiger partial charge in [-0.3, -0.25) is 9.59 Å². The Bertz CT molecular complexity index is 1140. The fraction of sp³-hybridized carbons (Fsp3) is 0.250. The number of benzene rings is 2. The van der Waals surface area contributed by atoms with Crippen molar-refractivity contribution >= 4 is 51.2 Å². The third-order valence-electron chi connectivity index (χ3n) is 5.56. The van der Waals surface area contributed by atoms with Crippen molar-refractivity contribution in [3.8, 4) is 11.1 Å². The van der Waals surface area contributed by atoms with Crippen molar-refractivity contribution in [2.24, 2.45) is 15.9 Å². The van der Waals surface area contributed by atoms with E-state index in [0.717, 1.165) is 41.1 Å². The lowest BCUT2D eigenvalue weighted by molar-refractivity contribution is -0.119. The molecule has 5 nitrogen and oxygen atoms in total. The Kier molecular flexibility index (Phi) is 5.78. The fourth-order valence-electron chi connectivity index (χ4n) is 4.12. The summed E-state index contributed by atoms with van der Waals surface area (Å²) in [5.74, 6) is -0.408. The predicted molar refractivity (Wildman–Crippen MR) is 129 cm³/mol. The smallest absolute Gasteiger partial charge is 0.262 e. The van der Waals surface area contributed by atoms with E-state index in [9.17, 15) is 9.59 Å². The van der Waals surface area contributed by atoms with Gasteiger partial charge in [0.05, 0.1) is 10.8 Å². The Labute approximate surface area is 189 Å². The number of amides is 2. The van der Waals surface area contributed by atoms with E-state index < -0.39 is 0 Å². The first-order chi connectivity index (χ1) is 15.2. The normalized spacial score (nSPS) is 20.0. The molecule has 3 aliphatic rings. The van der Waals surface area contributed by atoms with Crippen molar-refractivity contribution in [1.82, 2.24) is 0 Å². The second kappa shape index (κ2) is 8.85. The number of hydrogen-bond acceptors (Lipinski definition) is 5. The molecule has 1 unspecified atom stereocenters. The van der Waals surface area contributed by atoms with Crippen LogP contribution in [0, 0.1) is 5.92 Å². The van der Waals surface area contributed by atoms with Crippen molar-refractivity contribution in [2.75, 3.05) is 11.1 Å². The first-order valence-electron chi connectivity index (χ1n) is 10.4. The van der Waals surface area contributed by atoms with E-state index in [4.69, 9.17) is 0 Å². The Morgan fingerprint density at radius 2 is 1.81 bits per heavy atom. The Balaban J connectivity index is 1.24. The van der Waals surface area contributed by atoms with Crippen LogP contribution in [-0.2, 0) is 9.59 Å². The van der Waals surface area contributed by atoms with Gasteiger partial charge in [-0.05, 0) is 47.8 Å². The largest absolute Gasteiger partial charge is 0.325 e. The zero-order valence-corrected chi connectivity index (χ0v) is 18.5. The molecule has 7 heteroatoms. The minimum Gasteiger partial charge on any atom is -0.325 e. The molecule has 0 aromatic heterocycles. The van der Waals surface area contributed by atoms with Crippen LogP contribution in [-0.4, -0.2) is 27.8 Å². The van der Waals surface area contributed by atoms with Gasteiger partial charge in [0.25, 0.3) is 5.91 Å². The van der Waals surface area contributed by atoms with Crippen molar-refractivity contribution in [3.63, 3.8) is 0 Å². The van der Waals surface area contributed by atoms with Gasteiger partial charge in [-0.15, -0.1) is 0 Å². The highest BCUT2D eigenvalue weighted by molar-refractivity contribution is 8.18. The maximum Gasteiger partial charge on any atom is 0.262 e. The number of allylic oxidation sites excluding steroid dienone is 1. The second-order valence-corrected chi connectivity index (χ2v) is 9.68. The first kappa shape index (κ1) is 20.3. The van der Waals surface area contributed by atoms with E-state index in [-0.39, 0.29) is 23.5 Å². The monoisotopic (exact) mass is 447 g/mol. The molecular weight excluding hydrogens is 426 g/mol. The van der Waals surface area contributed by atoms with Crippen LogP contribution in [0.15, 0.2) is 75.1 Å². The zero-order chi connectivity index (χ0) is 21.2. The Morgan fingerprint density at radius 3 is 2.68 bits per heavy atom. The molecule has 0 radical (unpaired) electrons. The molecular formula is C24H21N3O2S2. The molecule has 2 heterocycles. The summed E-state index contributed by atoms with van der Waals surface area (Å²) >= 11 is 2.85. The van der Waals surface area contributed by atoms with Crippen LogP contribution in [0.1, 0.15) is 25.7 Å². The third kappa shape index (κ3) is 4.25. The summed E-state index contributed by atoms with van der Waals surface area (Å²) in [6.07, 6.45) is 4.31. The van der Waals surface area contributed by atoms with Crippen LogP contribution in [0.3, 0.4) is 0 Å². The summed E-state index contributed by atoms with van der Waals surface area (Å²) in [5, 5.41) is 4.21. The summed E-state index contributed by atoms with van der Waals surface area (Å²) in [6.45, 7) is 0. The third-order valence-corrected chi connectivity index (χ3v) is 7.65. The molecule has 1 atom stereocenters. The lowest BCUT2D eigenvalue weighted by atomic mass is 9.89. The van der Waals surface area contributed by atoms with Gasteiger partial charge in [0.15, 0.2) is 5.17 Å². The number of thioether (sulfide) groups is 2. The van der Waals surface area contributed by atoms with E-state index in [1.54, 1.807) is 11.8 Å². The van der Waals surface area contributed by atoms with Crippen LogP contribution in [0.4, 0.5) is 5.69 Å². The van der Waals surface area contributed by atoms with E-state index in [0.29, 0.717) is 5.17 Å². The van der Waals surface area contributed by atoms with Crippen LogP contribution in [0.5, 0.6) is 0 Å². The molecule has 1 N–H and O–H groups in total. The van der Waals surface area contributed by atoms with Gasteiger partial charge in [-0.1, -0.05) is 72.1 Å². The molecule has 0 saturated heterocycles. The molecule has 156 valence electrons. The second-order valence-electron chi connectivity index (χ2n) is 7.62. The number of para-hydroxylation sites is 1. The quantitative estimate of drug-likeness (QED) is 0.671. The van der Waals surface area contributed by atoms with E-state index in [1.807, 2.05) is 54.6 Å². The van der Waals surface area contributed by atoms with Crippen LogP contribution >= 0.6 is 23.5 Å². The first-order valence-corrected chi connectivity index (χ1v) is 12.2. The van der Waals surface area contributed by atoms with Gasteiger partial charge >= 0.3 is 0 Å². The molecule has 2 aromatic rings. The average Bonchev–Trinajstić information content (AvgIpc) is 3.17. The predicted octanol–water partition coefficient (Wildman–Crippen LogP) is 5.51. The summed E-state index contributed by atoms with van der Waals surface area (Å²) in [6, 6.07) is 17.7. The fourth-order valence-corrected chi connectivity index (χ4v) is 6.17. The van der Waals surface area contributed by atoms with Crippen LogP contribution in [0.25, 0.3) is 11.1 Å². The number of nitrogens with one attached hydrogen (secondary N) is 1. The number of nitrogens with zero attached hydrogens (tertiary/aromatic N) is 2. The zero-order valence-electron chi connectivity index (χ0n) is 16.8. The molecule has 2 aliphatic heterocycles. The van der Waals surface area contributed by atoms with Gasteiger partial charge < -0.3 is 5.32 Å². The SMILES string of the molecule is O=C(CSC1=NC(=O)C2C(=N1)SC1=C2CCCC1)Nc1ccccc1-c1ccccc1. The minimum atomic E-state index is -0.267. The number of anilines is 1. The Hall–Kier alpha value is -2.64. The van der Waals surface area contributed by atoms with Crippen molar-refractivity contribution in [1.29, 1.82) is 0 Å². The lowest BCUT2D eigenvalue weighted by Crippen LogP contribution is -2.25. The molecule has 0 fully saturated rings. The van der Waals surface area contributed by atoms with Gasteiger partial charge in [0, 0.05) is 11.3 Å². The van der Waals surface area contributed by atoms with Crippen LogP contribution in [0.2, 0.25) is 0 Å². The summed E-state index contributed by atoms with van der Waals surface area (Å²) in [5.41, 5.74) is 3.99. The molecule has 0 saturated carbocycles. The number of aliphatic imine (C=N–C) groups is 2. The minimum absolute atomic E-state index is 0.137. The van der Waals surface area contributed by atoms with Crippen molar-refractivity contribution < 1.29 is 9.59 Å². The average molecular weight is 448 g/mol. The molecule has 1 aliphatic carbocycles. The summed E-state index contributed by atoms with van der Waals surface area (Å²) < 4.78 is 0. The molecule has 2 aromatic carbocycles. The van der Waals surface area contributed by atoms with Crippen LogP contribution < -0.4 is 5.32 Å². The van der Waals surface area contributed by atoms with Gasteiger partial charge in [0.2, 0.25) is 5.91 Å². The van der Waals surface area contributed by atoms with Crippen molar-refractivity contribution in [2.45, 2.75) is 25.7 Å². The number of fused-ring (bicyclic) bond motifs is 2. The van der Waals surface area contributed by atoms with E-state index >= 15 is 0 Å². The lowest BCUT2D eigenvalue weighted by Gasteiger charge is -2.18. The topological polar surface area (TPSA) is 70.9 Å². The van der Waals surface area contributed by atoms with Gasteiger partial charge in [0.1, 0.15) is 5.92 Å². The highest BCUT2D eigenvalue weighted by atomic mass is 32.2. The molecule has 5 rings (SSSR count). The maximum atomic E-state index is 12.6. The van der Waals surface area contributed by atoms with Crippen molar-refractivity contribution in [3.05, 3.63) is 65.1 Å². The van der Waals surface area contributed by atoms with Gasteiger partial charge in [-0.2, -0.15) is 4.99 Å². The molecule has 0 bridgehead atoms. The molecule has 0 spiro atoms. The van der Waals surface area contributed by atoms with Gasteiger partial charge in [-0.25, -0.2) is 4.99 Å².